The summed E-state index contributed by atoms with van der Waals surface area (Å²) in [6.07, 6.45) is 3.90. The van der Waals surface area contributed by atoms with Gasteiger partial charge in [0.05, 0.1) is 13.2 Å². The Morgan fingerprint density at radius 1 is 1.27 bits per heavy atom. The van der Waals surface area contributed by atoms with Crippen LogP contribution in [-0.4, -0.2) is 68.3 Å². The van der Waals surface area contributed by atoms with Crippen LogP contribution in [0.2, 0.25) is 0 Å². The molecule has 0 aliphatic carbocycles. The largest absolute Gasteiger partial charge is 0.379 e. The van der Waals surface area contributed by atoms with Gasteiger partial charge in [-0.05, 0) is 24.5 Å². The van der Waals surface area contributed by atoms with Crippen molar-refractivity contribution in [3.8, 4) is 0 Å². The highest BCUT2D eigenvalue weighted by Gasteiger charge is 2.22. The minimum Gasteiger partial charge on any atom is -0.379 e. The zero-order valence-corrected chi connectivity index (χ0v) is 18.6. The average molecular weight is 475 g/mol. The van der Waals surface area contributed by atoms with Crippen LogP contribution >= 0.6 is 24.0 Å². The maximum Gasteiger partial charge on any atom is 0.191 e. The van der Waals surface area contributed by atoms with Crippen LogP contribution < -0.4 is 10.6 Å². The molecular formula is C19H34IN5O. The van der Waals surface area contributed by atoms with E-state index in [0.717, 1.165) is 57.5 Å². The lowest BCUT2D eigenvalue weighted by molar-refractivity contribution is 0.0132. The van der Waals surface area contributed by atoms with Gasteiger partial charge in [0.25, 0.3) is 0 Å². The number of aromatic nitrogens is 1. The lowest BCUT2D eigenvalue weighted by atomic mass is 10.0. The minimum absolute atomic E-state index is 0. The van der Waals surface area contributed by atoms with Crippen molar-refractivity contribution in [1.29, 1.82) is 0 Å². The van der Waals surface area contributed by atoms with E-state index in [1.165, 1.54) is 6.42 Å². The number of hydrogen-bond donors (Lipinski definition) is 2. The second-order valence-corrected chi connectivity index (χ2v) is 6.88. The van der Waals surface area contributed by atoms with Crippen LogP contribution in [0.3, 0.4) is 0 Å². The van der Waals surface area contributed by atoms with Crippen molar-refractivity contribution in [1.82, 2.24) is 20.5 Å². The van der Waals surface area contributed by atoms with Crippen molar-refractivity contribution in [2.75, 3.05) is 46.4 Å². The van der Waals surface area contributed by atoms with Gasteiger partial charge in [-0.3, -0.25) is 14.9 Å². The van der Waals surface area contributed by atoms with Crippen LogP contribution in [0, 0.1) is 5.92 Å². The Kier molecular flexibility index (Phi) is 11.8. The lowest BCUT2D eigenvalue weighted by Crippen LogP contribution is -2.51. The zero-order chi connectivity index (χ0) is 17.9. The summed E-state index contributed by atoms with van der Waals surface area (Å²) in [6, 6.07) is 6.53. The molecule has 1 aromatic rings. The maximum absolute atomic E-state index is 5.49. The third-order valence-electron chi connectivity index (χ3n) is 4.43. The Morgan fingerprint density at radius 3 is 2.65 bits per heavy atom. The summed E-state index contributed by atoms with van der Waals surface area (Å²) < 4.78 is 5.49. The highest BCUT2D eigenvalue weighted by molar-refractivity contribution is 14.0. The van der Waals surface area contributed by atoms with Crippen LogP contribution in [0.5, 0.6) is 0 Å². The summed E-state index contributed by atoms with van der Waals surface area (Å²) in [7, 11) is 1.82. The van der Waals surface area contributed by atoms with Crippen molar-refractivity contribution < 1.29 is 4.74 Å². The molecule has 2 N–H and O–H groups in total. The molecule has 1 aliphatic rings. The van der Waals surface area contributed by atoms with E-state index in [-0.39, 0.29) is 24.0 Å². The number of pyridine rings is 1. The van der Waals surface area contributed by atoms with Crippen molar-refractivity contribution in [3.63, 3.8) is 0 Å². The van der Waals surface area contributed by atoms with Gasteiger partial charge < -0.3 is 15.4 Å². The van der Waals surface area contributed by atoms with Crippen molar-refractivity contribution in [2.24, 2.45) is 10.9 Å². The molecule has 26 heavy (non-hydrogen) atoms. The summed E-state index contributed by atoms with van der Waals surface area (Å²) in [5.74, 6) is 1.53. The molecular weight excluding hydrogens is 441 g/mol. The first-order chi connectivity index (χ1) is 12.2. The van der Waals surface area contributed by atoms with Crippen molar-refractivity contribution >= 4 is 29.9 Å². The molecule has 1 aromatic heterocycles. The Labute approximate surface area is 175 Å². The van der Waals surface area contributed by atoms with Gasteiger partial charge in [-0.1, -0.05) is 19.9 Å². The molecule has 0 aromatic carbocycles. The summed E-state index contributed by atoms with van der Waals surface area (Å²) in [5.41, 5.74) is 1.09. The third-order valence-corrected chi connectivity index (χ3v) is 4.43. The summed E-state index contributed by atoms with van der Waals surface area (Å²) in [6.45, 7) is 10.0. The molecule has 0 saturated carbocycles. The molecule has 2 rings (SSSR count). The first-order valence-electron chi connectivity index (χ1n) is 9.35. The predicted octanol–water partition coefficient (Wildman–Crippen LogP) is 2.15. The van der Waals surface area contributed by atoms with E-state index in [2.05, 4.69) is 45.4 Å². The molecule has 0 spiro atoms. The number of hydrogen-bond acceptors (Lipinski definition) is 4. The minimum atomic E-state index is 0. The normalized spacial score (nSPS) is 16.8. The standard InChI is InChI=1S/C19H33N5O.HI/c1-16(2)14-18(24-10-12-25-13-11-24)15-23-19(20-3)22-9-7-17-6-4-5-8-21-17;/h4-6,8,16,18H,7,9-15H2,1-3H3,(H2,20,22,23);1H. The highest BCUT2D eigenvalue weighted by atomic mass is 127. The van der Waals surface area contributed by atoms with E-state index in [1.807, 2.05) is 25.4 Å². The molecule has 0 radical (unpaired) electrons. The summed E-state index contributed by atoms with van der Waals surface area (Å²) in [5, 5.41) is 6.88. The van der Waals surface area contributed by atoms with Crippen LogP contribution in [0.1, 0.15) is 26.0 Å². The first-order valence-corrected chi connectivity index (χ1v) is 9.35. The zero-order valence-electron chi connectivity index (χ0n) is 16.3. The van der Waals surface area contributed by atoms with E-state index in [0.29, 0.717) is 12.0 Å². The fraction of sp³-hybridized carbons (Fsp3) is 0.684. The van der Waals surface area contributed by atoms with Gasteiger partial charge in [-0.2, -0.15) is 0 Å². The number of guanidine groups is 1. The van der Waals surface area contributed by atoms with Gasteiger partial charge in [0, 0.05) is 57.6 Å². The van der Waals surface area contributed by atoms with Crippen LogP contribution in [0.15, 0.2) is 29.4 Å². The molecule has 6 nitrogen and oxygen atoms in total. The number of rotatable bonds is 8. The molecule has 0 amide bonds. The van der Waals surface area contributed by atoms with Gasteiger partial charge in [0.15, 0.2) is 5.96 Å². The second kappa shape index (κ2) is 13.3. The average Bonchev–Trinajstić information content (AvgIpc) is 2.64. The van der Waals surface area contributed by atoms with Crippen LogP contribution in [0.25, 0.3) is 0 Å². The third kappa shape index (κ3) is 8.64. The first kappa shape index (κ1) is 23.1. The van der Waals surface area contributed by atoms with Gasteiger partial charge >= 0.3 is 0 Å². The number of halogens is 1. The summed E-state index contributed by atoms with van der Waals surface area (Å²) >= 11 is 0. The molecule has 1 saturated heterocycles. The van der Waals surface area contributed by atoms with Gasteiger partial charge in [0.2, 0.25) is 0 Å². The van der Waals surface area contributed by atoms with Crippen molar-refractivity contribution in [2.45, 2.75) is 32.7 Å². The molecule has 7 heteroatoms. The molecule has 2 heterocycles. The van der Waals surface area contributed by atoms with Crippen LogP contribution in [0.4, 0.5) is 0 Å². The molecule has 0 bridgehead atoms. The number of morpholine rings is 1. The Morgan fingerprint density at radius 2 is 2.04 bits per heavy atom. The fourth-order valence-corrected chi connectivity index (χ4v) is 3.14. The smallest absolute Gasteiger partial charge is 0.191 e. The number of nitrogens with one attached hydrogen (secondary N) is 2. The molecule has 1 fully saturated rings. The van der Waals surface area contributed by atoms with Crippen molar-refractivity contribution in [3.05, 3.63) is 30.1 Å². The van der Waals surface area contributed by atoms with E-state index in [4.69, 9.17) is 4.74 Å². The Balaban J connectivity index is 0.00000338. The fourth-order valence-electron chi connectivity index (χ4n) is 3.14. The number of aliphatic imine (C=N–C) groups is 1. The monoisotopic (exact) mass is 475 g/mol. The summed E-state index contributed by atoms with van der Waals surface area (Å²) in [4.78, 5) is 11.2. The molecule has 1 aliphatic heterocycles. The molecule has 1 unspecified atom stereocenters. The van der Waals surface area contributed by atoms with E-state index >= 15 is 0 Å². The molecule has 148 valence electrons. The number of ether oxygens (including phenoxy) is 1. The maximum atomic E-state index is 5.49. The highest BCUT2D eigenvalue weighted by Crippen LogP contribution is 2.12. The predicted molar refractivity (Wildman–Crippen MR) is 118 cm³/mol. The van der Waals surface area contributed by atoms with E-state index in [9.17, 15) is 0 Å². The number of nitrogens with zero attached hydrogens (tertiary/aromatic N) is 3. The second-order valence-electron chi connectivity index (χ2n) is 6.88. The van der Waals surface area contributed by atoms with Gasteiger partial charge in [-0.15, -0.1) is 24.0 Å². The van der Waals surface area contributed by atoms with E-state index in [1.54, 1.807) is 0 Å². The Hall–Kier alpha value is -0.930. The van der Waals surface area contributed by atoms with Gasteiger partial charge in [0.1, 0.15) is 0 Å². The quantitative estimate of drug-likeness (QED) is 0.343. The van der Waals surface area contributed by atoms with E-state index < -0.39 is 0 Å². The van der Waals surface area contributed by atoms with Crippen LogP contribution in [-0.2, 0) is 11.2 Å². The molecule has 1 atom stereocenters. The van der Waals surface area contributed by atoms with Gasteiger partial charge in [-0.25, -0.2) is 0 Å². The topological polar surface area (TPSA) is 61.8 Å². The lowest BCUT2D eigenvalue weighted by Gasteiger charge is -2.35. The Bertz CT molecular complexity index is 506. The SMILES string of the molecule is CN=C(NCCc1ccccn1)NCC(CC(C)C)N1CCOCC1.I.